The summed E-state index contributed by atoms with van der Waals surface area (Å²) in [5.74, 6) is 0.0451. The molecule has 0 aromatic heterocycles. The molecule has 0 rings (SSSR count). The summed E-state index contributed by atoms with van der Waals surface area (Å²) < 4.78 is 0.928. The van der Waals surface area contributed by atoms with Crippen LogP contribution in [0.4, 0.5) is 0 Å². The van der Waals surface area contributed by atoms with E-state index in [1.807, 2.05) is 0 Å². The normalized spacial score (nSPS) is 12.5. The second-order valence-electron chi connectivity index (χ2n) is 15.9. The third kappa shape index (κ3) is 35.9. The Bertz CT molecular complexity index is 730. The van der Waals surface area contributed by atoms with E-state index >= 15 is 0 Å². The largest absolute Gasteiger partial charge is 0.354 e. The molecule has 0 aliphatic rings. The van der Waals surface area contributed by atoms with Crippen LogP contribution in [0.3, 0.4) is 0 Å². The molecule has 2 amide bonds. The average Bonchev–Trinajstić information content (AvgIpc) is 3.05. The van der Waals surface area contributed by atoms with Gasteiger partial charge in [0.25, 0.3) is 0 Å². The first-order valence-corrected chi connectivity index (χ1v) is 21.3. The van der Waals surface area contributed by atoms with Gasteiger partial charge in [-0.15, -0.1) is 0 Å². The molecule has 0 spiro atoms. The van der Waals surface area contributed by atoms with Crippen molar-refractivity contribution in [1.82, 2.24) is 10.6 Å². The number of nitrogens with one attached hydrogen (secondary N) is 2. The highest BCUT2D eigenvalue weighted by molar-refractivity contribution is 5.87. The Kier molecular flexibility index (Phi) is 34.5. The number of nitrogens with zero attached hydrogens (tertiary/aromatic N) is 1. The van der Waals surface area contributed by atoms with Crippen molar-refractivity contribution in [1.29, 1.82) is 0 Å². The van der Waals surface area contributed by atoms with Gasteiger partial charge >= 0.3 is 0 Å². The van der Waals surface area contributed by atoms with Crippen LogP contribution >= 0.6 is 0 Å². The zero-order valence-corrected chi connectivity index (χ0v) is 33.3. The third-order valence-electron chi connectivity index (χ3n) is 9.72. The predicted molar refractivity (Wildman–Crippen MR) is 211 cm³/mol. The summed E-state index contributed by atoms with van der Waals surface area (Å²) in [7, 11) is 6.61. The topological polar surface area (TPSA) is 58.2 Å². The second kappa shape index (κ2) is 35.5. The molecule has 0 saturated heterocycles. The summed E-state index contributed by atoms with van der Waals surface area (Å²) in [6.45, 7) is 6.35. The number of carbonyl (C=O) groups excluding carboxylic acids is 2. The van der Waals surface area contributed by atoms with E-state index in [1.165, 1.54) is 154 Å². The Morgan fingerprint density at radius 2 is 0.938 bits per heavy atom. The van der Waals surface area contributed by atoms with Crippen LogP contribution < -0.4 is 10.6 Å². The highest BCUT2D eigenvalue weighted by Crippen LogP contribution is 2.14. The molecule has 5 nitrogen and oxygen atoms in total. The van der Waals surface area contributed by atoms with Crippen molar-refractivity contribution in [3.05, 3.63) is 12.2 Å². The Morgan fingerprint density at radius 1 is 0.521 bits per heavy atom. The van der Waals surface area contributed by atoms with E-state index in [2.05, 4.69) is 57.8 Å². The molecule has 0 radical (unpaired) electrons. The van der Waals surface area contributed by atoms with E-state index < -0.39 is 6.04 Å². The minimum absolute atomic E-state index is 0.00726. The van der Waals surface area contributed by atoms with Crippen LogP contribution in [0.15, 0.2) is 12.2 Å². The number of hydrogen-bond acceptors (Lipinski definition) is 2. The lowest BCUT2D eigenvalue weighted by Crippen LogP contribution is -2.47. The molecule has 2 N–H and O–H groups in total. The van der Waals surface area contributed by atoms with Gasteiger partial charge in [0.2, 0.25) is 11.8 Å². The predicted octanol–water partition coefficient (Wildman–Crippen LogP) is 12.0. The van der Waals surface area contributed by atoms with Gasteiger partial charge in [-0.1, -0.05) is 161 Å². The average molecular weight is 677 g/mol. The number of allylic oxidation sites excluding steroid dienone is 2. The summed E-state index contributed by atoms with van der Waals surface area (Å²) in [6, 6.07) is -0.403. The summed E-state index contributed by atoms with van der Waals surface area (Å²) in [4.78, 5) is 25.9. The van der Waals surface area contributed by atoms with Gasteiger partial charge in [-0.3, -0.25) is 9.59 Å². The minimum Gasteiger partial charge on any atom is -0.354 e. The van der Waals surface area contributed by atoms with E-state index in [-0.39, 0.29) is 11.8 Å². The quantitative estimate of drug-likeness (QED) is 0.0391. The Hall–Kier alpha value is -1.36. The highest BCUT2D eigenvalue weighted by atomic mass is 16.2. The van der Waals surface area contributed by atoms with E-state index in [0.717, 1.165) is 56.1 Å². The van der Waals surface area contributed by atoms with E-state index in [0.29, 0.717) is 6.42 Å². The van der Waals surface area contributed by atoms with Gasteiger partial charge in [-0.25, -0.2) is 0 Å². The molecule has 1 unspecified atom stereocenters. The maximum absolute atomic E-state index is 13.1. The Labute approximate surface area is 301 Å². The molecule has 0 fully saturated rings. The van der Waals surface area contributed by atoms with E-state index in [1.54, 1.807) is 0 Å². The third-order valence-corrected chi connectivity index (χ3v) is 9.72. The van der Waals surface area contributed by atoms with Gasteiger partial charge in [-0.2, -0.15) is 0 Å². The molecule has 48 heavy (non-hydrogen) atoms. The van der Waals surface area contributed by atoms with Crippen molar-refractivity contribution >= 4 is 11.8 Å². The van der Waals surface area contributed by atoms with Crippen molar-refractivity contribution in [2.45, 2.75) is 219 Å². The molecule has 0 aliphatic heterocycles. The lowest BCUT2D eigenvalue weighted by Gasteiger charge is -2.24. The highest BCUT2D eigenvalue weighted by Gasteiger charge is 2.20. The van der Waals surface area contributed by atoms with Gasteiger partial charge in [0, 0.05) is 13.0 Å². The first-order chi connectivity index (χ1) is 23.3. The van der Waals surface area contributed by atoms with Crippen LogP contribution in [0.5, 0.6) is 0 Å². The number of amides is 2. The van der Waals surface area contributed by atoms with Crippen LogP contribution in [0.25, 0.3) is 0 Å². The number of quaternary nitrogens is 1. The molecule has 1 atom stereocenters. The maximum atomic E-state index is 13.1. The van der Waals surface area contributed by atoms with Crippen LogP contribution in [-0.4, -0.2) is 56.6 Å². The van der Waals surface area contributed by atoms with Crippen molar-refractivity contribution in [3.8, 4) is 0 Å². The molecule has 284 valence electrons. The van der Waals surface area contributed by atoms with Gasteiger partial charge in [-0.05, 0) is 57.8 Å². The molecule has 0 aromatic carbocycles. The van der Waals surface area contributed by atoms with Crippen molar-refractivity contribution in [3.63, 3.8) is 0 Å². The molecule has 0 aliphatic carbocycles. The SMILES string of the molecule is CCCCCCCCC=CCCCCCCCC(=O)NC(CCCC[N+](C)(C)C)C(=O)NCCCCCCCCCCCCCCCC. The monoisotopic (exact) mass is 677 g/mol. The standard InChI is InChI=1S/C43H85N3O2/c1-6-8-10-12-14-16-18-20-22-23-25-27-29-31-33-38-42(47)45-41(37-34-36-40-46(3,4)5)43(48)44-39-35-32-30-28-26-24-21-19-17-15-13-11-9-7-2/h20,22,41H,6-19,21,23-40H2,1-5H3,(H-,44,45,47,48)/p+1. The van der Waals surface area contributed by atoms with E-state index in [4.69, 9.17) is 0 Å². The molecule has 0 heterocycles. The van der Waals surface area contributed by atoms with Gasteiger partial charge in [0.1, 0.15) is 6.04 Å². The fourth-order valence-corrected chi connectivity index (χ4v) is 6.48. The van der Waals surface area contributed by atoms with Crippen molar-refractivity contribution in [2.75, 3.05) is 34.2 Å². The summed E-state index contributed by atoms with van der Waals surface area (Å²) in [5.41, 5.74) is 0. The summed E-state index contributed by atoms with van der Waals surface area (Å²) in [5, 5.41) is 6.25. The fraction of sp³-hybridized carbons (Fsp3) is 0.907. The first kappa shape index (κ1) is 46.6. The fourth-order valence-electron chi connectivity index (χ4n) is 6.48. The van der Waals surface area contributed by atoms with Gasteiger partial charge in [0.05, 0.1) is 27.7 Å². The summed E-state index contributed by atoms with van der Waals surface area (Å²) >= 11 is 0. The lowest BCUT2D eigenvalue weighted by molar-refractivity contribution is -0.870. The molecule has 0 aromatic rings. The molecule has 0 saturated carbocycles. The second-order valence-corrected chi connectivity index (χ2v) is 15.9. The smallest absolute Gasteiger partial charge is 0.242 e. The zero-order valence-electron chi connectivity index (χ0n) is 33.3. The first-order valence-electron chi connectivity index (χ1n) is 21.3. The molecule has 5 heteroatoms. The van der Waals surface area contributed by atoms with Gasteiger partial charge in [0.15, 0.2) is 0 Å². The Balaban J connectivity index is 4.08. The van der Waals surface area contributed by atoms with Crippen LogP contribution in [0.2, 0.25) is 0 Å². The number of rotatable bonds is 37. The molecular weight excluding hydrogens is 590 g/mol. The Morgan fingerprint density at radius 3 is 1.40 bits per heavy atom. The van der Waals surface area contributed by atoms with Crippen LogP contribution in [0, 0.1) is 0 Å². The minimum atomic E-state index is -0.403. The molecular formula is C43H86N3O2+. The van der Waals surface area contributed by atoms with E-state index in [9.17, 15) is 9.59 Å². The van der Waals surface area contributed by atoms with Crippen LogP contribution in [-0.2, 0) is 9.59 Å². The van der Waals surface area contributed by atoms with Crippen LogP contribution in [0.1, 0.15) is 213 Å². The van der Waals surface area contributed by atoms with Crippen molar-refractivity contribution in [2.24, 2.45) is 0 Å². The van der Waals surface area contributed by atoms with Gasteiger partial charge < -0.3 is 15.1 Å². The number of unbranched alkanes of at least 4 members (excludes halogenated alkanes) is 25. The summed E-state index contributed by atoms with van der Waals surface area (Å²) in [6.07, 6.45) is 43.0. The number of carbonyl (C=O) groups is 2. The maximum Gasteiger partial charge on any atom is 0.242 e. The lowest BCUT2D eigenvalue weighted by atomic mass is 10.0. The van der Waals surface area contributed by atoms with Crippen molar-refractivity contribution < 1.29 is 14.1 Å². The zero-order chi connectivity index (χ0) is 35.4. The molecule has 0 bridgehead atoms. The number of hydrogen-bond donors (Lipinski definition) is 2.